The van der Waals surface area contributed by atoms with Gasteiger partial charge >= 0.3 is 0 Å². The zero-order chi connectivity index (χ0) is 16.2. The summed E-state index contributed by atoms with van der Waals surface area (Å²) in [5.41, 5.74) is 4.12. The molecule has 0 aliphatic carbocycles. The van der Waals surface area contributed by atoms with Crippen LogP contribution in [-0.2, 0) is 6.42 Å². The highest BCUT2D eigenvalue weighted by atomic mass is 16.2. The van der Waals surface area contributed by atoms with Gasteiger partial charge in [0.2, 0.25) is 0 Å². The van der Waals surface area contributed by atoms with E-state index in [1.54, 1.807) is 6.20 Å². The standard InChI is InChI=1S/C20H24N2O/c1-3-16-7-9-17(10-8-16)18-12-19(14-21-13-18)20(23)22-11-5-4-6-15(22)2/h7-10,12-15H,3-6,11H2,1-2H3. The number of amides is 1. The van der Waals surface area contributed by atoms with E-state index in [-0.39, 0.29) is 5.91 Å². The fraction of sp³-hybridized carbons (Fsp3) is 0.400. The summed E-state index contributed by atoms with van der Waals surface area (Å²) in [6.45, 7) is 5.14. The van der Waals surface area contributed by atoms with Crippen molar-refractivity contribution < 1.29 is 4.79 Å². The third-order valence-corrected chi connectivity index (χ3v) is 4.74. The Hall–Kier alpha value is -2.16. The number of likely N-dealkylation sites (tertiary alicyclic amines) is 1. The number of benzene rings is 1. The summed E-state index contributed by atoms with van der Waals surface area (Å²) in [4.78, 5) is 19.1. The molecule has 1 aliphatic rings. The van der Waals surface area contributed by atoms with Crippen LogP contribution in [0.1, 0.15) is 49.0 Å². The number of rotatable bonds is 3. The minimum Gasteiger partial charge on any atom is -0.336 e. The molecule has 1 aliphatic heterocycles. The molecule has 3 rings (SSSR count). The average Bonchev–Trinajstić information content (AvgIpc) is 2.62. The molecule has 0 bridgehead atoms. The van der Waals surface area contributed by atoms with Crippen LogP contribution < -0.4 is 0 Å². The summed E-state index contributed by atoms with van der Waals surface area (Å²) in [7, 11) is 0. The predicted octanol–water partition coefficient (Wildman–Crippen LogP) is 4.33. The van der Waals surface area contributed by atoms with Gasteiger partial charge in [-0.1, -0.05) is 31.2 Å². The van der Waals surface area contributed by atoms with Crippen LogP contribution in [0.5, 0.6) is 0 Å². The van der Waals surface area contributed by atoms with Gasteiger partial charge < -0.3 is 4.90 Å². The van der Waals surface area contributed by atoms with E-state index in [1.165, 1.54) is 12.0 Å². The second-order valence-corrected chi connectivity index (χ2v) is 6.36. The zero-order valence-electron chi connectivity index (χ0n) is 14.0. The Morgan fingerprint density at radius 3 is 2.65 bits per heavy atom. The Kier molecular flexibility index (Phi) is 4.75. The number of aromatic nitrogens is 1. The lowest BCUT2D eigenvalue weighted by Crippen LogP contribution is -2.42. The topological polar surface area (TPSA) is 33.2 Å². The molecule has 0 saturated carbocycles. The Labute approximate surface area is 138 Å². The van der Waals surface area contributed by atoms with Crippen molar-refractivity contribution in [1.82, 2.24) is 9.88 Å². The minimum absolute atomic E-state index is 0.108. The van der Waals surface area contributed by atoms with Gasteiger partial charge in [-0.25, -0.2) is 0 Å². The number of carbonyl (C=O) groups excluding carboxylic acids is 1. The van der Waals surface area contributed by atoms with E-state index < -0.39 is 0 Å². The Bertz CT molecular complexity index is 678. The SMILES string of the molecule is CCc1ccc(-c2cncc(C(=O)N3CCCCC3C)c2)cc1. The average molecular weight is 308 g/mol. The van der Waals surface area contributed by atoms with E-state index in [4.69, 9.17) is 0 Å². The van der Waals surface area contributed by atoms with Crippen molar-refractivity contribution >= 4 is 5.91 Å². The summed E-state index contributed by atoms with van der Waals surface area (Å²) in [6, 6.07) is 10.8. The number of hydrogen-bond donors (Lipinski definition) is 0. The number of hydrogen-bond acceptors (Lipinski definition) is 2. The van der Waals surface area contributed by atoms with Crippen LogP contribution in [0.25, 0.3) is 11.1 Å². The molecule has 0 radical (unpaired) electrons. The van der Waals surface area contributed by atoms with E-state index in [1.807, 2.05) is 17.2 Å². The van der Waals surface area contributed by atoms with Gasteiger partial charge in [0.25, 0.3) is 5.91 Å². The van der Waals surface area contributed by atoms with Crippen LogP contribution in [0, 0.1) is 0 Å². The van der Waals surface area contributed by atoms with Gasteiger partial charge in [0.1, 0.15) is 0 Å². The van der Waals surface area contributed by atoms with Crippen molar-refractivity contribution in [3.63, 3.8) is 0 Å². The van der Waals surface area contributed by atoms with Gasteiger partial charge in [-0.3, -0.25) is 9.78 Å². The number of pyridine rings is 1. The summed E-state index contributed by atoms with van der Waals surface area (Å²) < 4.78 is 0. The van der Waals surface area contributed by atoms with Crippen molar-refractivity contribution in [3.05, 3.63) is 53.9 Å². The highest BCUT2D eigenvalue weighted by molar-refractivity contribution is 5.95. The monoisotopic (exact) mass is 308 g/mol. The lowest BCUT2D eigenvalue weighted by molar-refractivity contribution is 0.0635. The molecule has 1 saturated heterocycles. The lowest BCUT2D eigenvalue weighted by Gasteiger charge is -2.33. The molecule has 2 heterocycles. The van der Waals surface area contributed by atoms with Crippen LogP contribution >= 0.6 is 0 Å². The highest BCUT2D eigenvalue weighted by Crippen LogP contribution is 2.23. The van der Waals surface area contributed by atoms with Crippen molar-refractivity contribution in [2.24, 2.45) is 0 Å². The molecule has 120 valence electrons. The van der Waals surface area contributed by atoms with Gasteiger partial charge in [0.15, 0.2) is 0 Å². The Morgan fingerprint density at radius 2 is 1.96 bits per heavy atom. The molecule has 1 aromatic heterocycles. The van der Waals surface area contributed by atoms with E-state index in [2.05, 4.69) is 43.1 Å². The predicted molar refractivity (Wildman–Crippen MR) is 93.4 cm³/mol. The smallest absolute Gasteiger partial charge is 0.255 e. The first kappa shape index (κ1) is 15.7. The van der Waals surface area contributed by atoms with Gasteiger partial charge in [0.05, 0.1) is 5.56 Å². The van der Waals surface area contributed by atoms with Gasteiger partial charge in [-0.2, -0.15) is 0 Å². The molecular weight excluding hydrogens is 284 g/mol. The Balaban J connectivity index is 1.85. The van der Waals surface area contributed by atoms with E-state index >= 15 is 0 Å². The van der Waals surface area contributed by atoms with Crippen LogP contribution in [0.15, 0.2) is 42.7 Å². The molecular formula is C20H24N2O. The molecule has 2 aromatic rings. The van der Waals surface area contributed by atoms with Gasteiger partial charge in [-0.05, 0) is 49.8 Å². The van der Waals surface area contributed by atoms with Crippen molar-refractivity contribution in [2.75, 3.05) is 6.54 Å². The lowest BCUT2D eigenvalue weighted by atomic mass is 10.0. The first-order chi connectivity index (χ1) is 11.2. The first-order valence-corrected chi connectivity index (χ1v) is 8.54. The van der Waals surface area contributed by atoms with Crippen molar-refractivity contribution in [2.45, 2.75) is 45.6 Å². The maximum absolute atomic E-state index is 12.8. The summed E-state index contributed by atoms with van der Waals surface area (Å²) >= 11 is 0. The number of piperidine rings is 1. The largest absolute Gasteiger partial charge is 0.336 e. The molecule has 23 heavy (non-hydrogen) atoms. The van der Waals surface area contributed by atoms with Crippen molar-refractivity contribution in [3.8, 4) is 11.1 Å². The Morgan fingerprint density at radius 1 is 1.17 bits per heavy atom. The molecule has 1 aromatic carbocycles. The summed E-state index contributed by atoms with van der Waals surface area (Å²) in [6.07, 6.45) is 7.96. The minimum atomic E-state index is 0.108. The molecule has 1 unspecified atom stereocenters. The summed E-state index contributed by atoms with van der Waals surface area (Å²) in [5.74, 6) is 0.108. The zero-order valence-corrected chi connectivity index (χ0v) is 14.0. The molecule has 1 atom stereocenters. The van der Waals surface area contributed by atoms with Gasteiger partial charge in [0, 0.05) is 30.5 Å². The number of nitrogens with zero attached hydrogens (tertiary/aromatic N) is 2. The number of aryl methyl sites for hydroxylation is 1. The molecule has 0 N–H and O–H groups in total. The first-order valence-electron chi connectivity index (χ1n) is 8.54. The second kappa shape index (κ2) is 6.95. The molecule has 3 heteroatoms. The molecule has 1 amide bonds. The molecule has 1 fully saturated rings. The maximum atomic E-state index is 12.8. The third-order valence-electron chi connectivity index (χ3n) is 4.74. The van der Waals surface area contributed by atoms with Crippen LogP contribution in [0.4, 0.5) is 0 Å². The third kappa shape index (κ3) is 3.44. The summed E-state index contributed by atoms with van der Waals surface area (Å²) in [5, 5.41) is 0. The second-order valence-electron chi connectivity index (χ2n) is 6.36. The van der Waals surface area contributed by atoms with Crippen LogP contribution in [0.2, 0.25) is 0 Å². The molecule has 0 spiro atoms. The maximum Gasteiger partial charge on any atom is 0.255 e. The van der Waals surface area contributed by atoms with Crippen LogP contribution in [-0.4, -0.2) is 28.4 Å². The highest BCUT2D eigenvalue weighted by Gasteiger charge is 2.24. The van der Waals surface area contributed by atoms with Crippen molar-refractivity contribution in [1.29, 1.82) is 0 Å². The normalized spacial score (nSPS) is 18.0. The van der Waals surface area contributed by atoms with E-state index in [9.17, 15) is 4.79 Å². The van der Waals surface area contributed by atoms with Gasteiger partial charge in [-0.15, -0.1) is 0 Å². The fourth-order valence-corrected chi connectivity index (χ4v) is 3.21. The van der Waals surface area contributed by atoms with Crippen LogP contribution in [0.3, 0.4) is 0 Å². The number of carbonyl (C=O) groups is 1. The molecule has 3 nitrogen and oxygen atoms in total. The van der Waals surface area contributed by atoms with E-state index in [0.717, 1.165) is 36.9 Å². The fourth-order valence-electron chi connectivity index (χ4n) is 3.21. The quantitative estimate of drug-likeness (QED) is 0.845. The van der Waals surface area contributed by atoms with E-state index in [0.29, 0.717) is 11.6 Å².